The van der Waals surface area contributed by atoms with E-state index in [2.05, 4.69) is 15.3 Å². The number of nitrogens with zero attached hydrogens (tertiary/aromatic N) is 1. The van der Waals surface area contributed by atoms with Crippen LogP contribution in [0.5, 0.6) is 0 Å². The van der Waals surface area contributed by atoms with Crippen LogP contribution in [0.2, 0.25) is 0 Å². The van der Waals surface area contributed by atoms with Gasteiger partial charge in [-0.3, -0.25) is 10.2 Å². The van der Waals surface area contributed by atoms with Crippen LogP contribution in [0.15, 0.2) is 23.4 Å². The van der Waals surface area contributed by atoms with Gasteiger partial charge in [0.15, 0.2) is 5.82 Å². The summed E-state index contributed by atoms with van der Waals surface area (Å²) < 4.78 is 13.1. The maximum Gasteiger partial charge on any atom is 0.437 e. The molecule has 0 aromatic heterocycles. The first-order valence-corrected chi connectivity index (χ1v) is 6.05. The van der Waals surface area contributed by atoms with Crippen molar-refractivity contribution in [3.05, 3.63) is 29.2 Å². The highest BCUT2D eigenvalue weighted by molar-refractivity contribution is 6.65. The fourth-order valence-corrected chi connectivity index (χ4v) is 1.47. The van der Waals surface area contributed by atoms with Crippen LogP contribution in [0.3, 0.4) is 0 Å². The predicted octanol–water partition coefficient (Wildman–Crippen LogP) is 2.13. The molecule has 20 heavy (non-hydrogen) atoms. The molecule has 1 rings (SSSR count). The van der Waals surface area contributed by atoms with Gasteiger partial charge in [-0.2, -0.15) is 5.23 Å². The van der Waals surface area contributed by atoms with Crippen molar-refractivity contribution in [3.63, 3.8) is 0 Å². The number of anilines is 1. The highest BCUT2D eigenvalue weighted by Gasteiger charge is 2.12. The first-order chi connectivity index (χ1) is 9.43. The molecule has 1 aromatic rings. The van der Waals surface area contributed by atoms with Crippen molar-refractivity contribution in [2.75, 3.05) is 5.32 Å². The Balaban J connectivity index is 2.67. The molecular weight excluding hydrogens is 293 g/mol. The van der Waals surface area contributed by atoms with Crippen molar-refractivity contribution in [2.24, 2.45) is 5.16 Å². The molecule has 1 aromatic carbocycles. The molecule has 0 aliphatic rings. The number of nitrogens with one attached hydrogen (secondary N) is 2. The van der Waals surface area contributed by atoms with Crippen molar-refractivity contribution >= 4 is 34.2 Å². The molecule has 0 saturated carbocycles. The van der Waals surface area contributed by atoms with Crippen LogP contribution in [0.25, 0.3) is 0 Å². The van der Waals surface area contributed by atoms with E-state index in [0.717, 1.165) is 18.6 Å². The van der Waals surface area contributed by atoms with Crippen LogP contribution in [-0.4, -0.2) is 16.5 Å². The van der Waals surface area contributed by atoms with E-state index in [1.807, 2.05) is 6.92 Å². The molecular formula is C11H13ClFN3O4. The lowest BCUT2D eigenvalue weighted by Gasteiger charge is -2.13. The Morgan fingerprint density at radius 3 is 2.95 bits per heavy atom. The zero-order chi connectivity index (χ0) is 15.1. The Morgan fingerprint density at radius 2 is 2.35 bits per heavy atom. The van der Waals surface area contributed by atoms with E-state index in [1.165, 1.54) is 6.07 Å². The molecule has 0 saturated heterocycles. The van der Waals surface area contributed by atoms with Gasteiger partial charge in [0, 0.05) is 12.5 Å². The number of hydrogen-bond donors (Lipinski definition) is 3. The largest absolute Gasteiger partial charge is 0.595 e. The Hall–Kier alpha value is -1.74. The third kappa shape index (κ3) is 5.10. The molecule has 3 N–H and O–H groups in total. The zero-order valence-corrected chi connectivity index (χ0v) is 11.3. The van der Waals surface area contributed by atoms with Crippen molar-refractivity contribution in [1.82, 2.24) is 0 Å². The molecule has 7 nitrogen and oxygen atoms in total. The topological polar surface area (TPSA) is 98.4 Å². The summed E-state index contributed by atoms with van der Waals surface area (Å²) in [5.41, 5.74) is -0.495. The summed E-state index contributed by atoms with van der Waals surface area (Å²) in [6.45, 7) is 1.88. The average molecular weight is 306 g/mol. The van der Waals surface area contributed by atoms with E-state index in [-0.39, 0.29) is 10.9 Å². The Labute approximate surface area is 119 Å². The van der Waals surface area contributed by atoms with Crippen molar-refractivity contribution in [3.8, 4) is 0 Å². The van der Waals surface area contributed by atoms with Gasteiger partial charge in [-0.15, -0.1) is 0 Å². The van der Waals surface area contributed by atoms with Crippen LogP contribution < -0.4 is 10.5 Å². The van der Waals surface area contributed by atoms with E-state index in [1.54, 1.807) is 0 Å². The molecule has 1 unspecified atom stereocenters. The van der Waals surface area contributed by atoms with Crippen molar-refractivity contribution < 1.29 is 24.5 Å². The van der Waals surface area contributed by atoms with E-state index >= 15 is 0 Å². The number of carbonyl (C=O) groups excluding carboxylic acids is 1. The van der Waals surface area contributed by atoms with Gasteiger partial charge in [-0.1, -0.05) is 23.7 Å². The number of halogens is 2. The molecule has 110 valence electrons. The van der Waals surface area contributed by atoms with E-state index in [0.29, 0.717) is 6.42 Å². The molecule has 0 aliphatic carbocycles. The lowest BCUT2D eigenvalue weighted by Crippen LogP contribution is -2.99. The number of quaternary nitrogens is 1. The quantitative estimate of drug-likeness (QED) is 0.441. The van der Waals surface area contributed by atoms with Crippen LogP contribution in [0.4, 0.5) is 20.6 Å². The Kier molecular flexibility index (Phi) is 6.32. The molecule has 1 amide bonds. The highest BCUT2D eigenvalue weighted by Crippen LogP contribution is 2.16. The summed E-state index contributed by atoms with van der Waals surface area (Å²) in [7, 11) is 0. The van der Waals surface area contributed by atoms with Gasteiger partial charge in [0.2, 0.25) is 5.69 Å². The standard InChI is InChI=1S/C11H13ClFN3O4/c1-2-3-10(12)15-20-11(17)14-7-4-5-8(13)9(6-7)16(18)19/h4-6,16,18H,2-3H2,1H3,(H,14,17)/b15-10-. The van der Waals surface area contributed by atoms with Gasteiger partial charge in [0.05, 0.1) is 5.69 Å². The van der Waals surface area contributed by atoms with E-state index in [4.69, 9.17) is 16.8 Å². The fraction of sp³-hybridized carbons (Fsp3) is 0.273. The van der Waals surface area contributed by atoms with Gasteiger partial charge >= 0.3 is 6.09 Å². The summed E-state index contributed by atoms with van der Waals surface area (Å²) in [5.74, 6) is -0.902. The summed E-state index contributed by atoms with van der Waals surface area (Å²) in [6.07, 6.45) is 0.254. The van der Waals surface area contributed by atoms with Crippen LogP contribution in [0, 0.1) is 11.0 Å². The Bertz CT molecular complexity index is 510. The number of amides is 1. The number of hydrogen-bond acceptors (Lipinski definition) is 5. The SMILES string of the molecule is CCC/C(Cl)=N/OC(=O)Nc1ccc(F)c([NH+]([O-])O)c1. The highest BCUT2D eigenvalue weighted by atomic mass is 35.5. The monoisotopic (exact) mass is 305 g/mol. The van der Waals surface area contributed by atoms with Gasteiger partial charge < -0.3 is 5.21 Å². The minimum atomic E-state index is -1.44. The Morgan fingerprint density at radius 1 is 1.65 bits per heavy atom. The fourth-order valence-electron chi connectivity index (χ4n) is 1.25. The summed E-state index contributed by atoms with van der Waals surface area (Å²) in [4.78, 5) is 15.8. The zero-order valence-electron chi connectivity index (χ0n) is 10.5. The van der Waals surface area contributed by atoms with E-state index < -0.39 is 22.8 Å². The molecule has 0 heterocycles. The van der Waals surface area contributed by atoms with Gasteiger partial charge in [0.1, 0.15) is 5.17 Å². The smallest absolute Gasteiger partial charge is 0.437 e. The van der Waals surface area contributed by atoms with E-state index in [9.17, 15) is 14.4 Å². The molecule has 0 bridgehead atoms. The summed E-state index contributed by atoms with van der Waals surface area (Å²) in [6, 6.07) is 3.09. The number of carbonyl (C=O) groups is 1. The van der Waals surface area contributed by atoms with Gasteiger partial charge in [-0.25, -0.2) is 14.4 Å². The number of oxime groups is 1. The van der Waals surface area contributed by atoms with Crippen molar-refractivity contribution in [1.29, 1.82) is 0 Å². The first kappa shape index (κ1) is 16.3. The number of benzene rings is 1. The molecule has 0 aliphatic heterocycles. The molecule has 0 spiro atoms. The third-order valence-corrected chi connectivity index (χ3v) is 2.39. The van der Waals surface area contributed by atoms with Crippen LogP contribution in [0.1, 0.15) is 19.8 Å². The second-order valence-corrected chi connectivity index (χ2v) is 4.16. The second kappa shape index (κ2) is 7.75. The molecule has 0 fully saturated rings. The molecule has 9 heteroatoms. The van der Waals surface area contributed by atoms with Crippen LogP contribution in [-0.2, 0) is 4.84 Å². The van der Waals surface area contributed by atoms with Crippen molar-refractivity contribution in [2.45, 2.75) is 19.8 Å². The summed E-state index contributed by atoms with van der Waals surface area (Å²) >= 11 is 5.63. The average Bonchev–Trinajstić information content (AvgIpc) is 2.39. The minimum absolute atomic E-state index is 0.0654. The molecule has 1 atom stereocenters. The summed E-state index contributed by atoms with van der Waals surface area (Å²) in [5, 5.41) is 23.7. The second-order valence-electron chi connectivity index (χ2n) is 3.72. The maximum absolute atomic E-state index is 13.1. The normalized spacial score (nSPS) is 12.9. The van der Waals surface area contributed by atoms with Gasteiger partial charge in [0.25, 0.3) is 0 Å². The first-order valence-electron chi connectivity index (χ1n) is 5.67. The predicted molar refractivity (Wildman–Crippen MR) is 70.5 cm³/mol. The lowest BCUT2D eigenvalue weighted by atomic mass is 10.2. The van der Waals surface area contributed by atoms with Gasteiger partial charge in [-0.05, 0) is 18.6 Å². The minimum Gasteiger partial charge on any atom is -0.595 e. The number of rotatable bonds is 5. The third-order valence-electron chi connectivity index (χ3n) is 2.13. The van der Waals surface area contributed by atoms with Crippen LogP contribution >= 0.6 is 11.6 Å². The lowest BCUT2D eigenvalue weighted by molar-refractivity contribution is -0.992. The maximum atomic E-state index is 13.1. The molecule has 0 radical (unpaired) electrons.